The van der Waals surface area contributed by atoms with Crippen LogP contribution >= 0.6 is 34.2 Å². The van der Waals surface area contributed by atoms with E-state index in [0.29, 0.717) is 23.1 Å². The summed E-state index contributed by atoms with van der Waals surface area (Å²) < 4.78 is 34.4. The molecule has 0 aromatic heterocycles. The molecule has 0 heterocycles. The number of hydrazone groups is 1. The molecule has 0 fully saturated rings. The number of benzene rings is 4. The van der Waals surface area contributed by atoms with E-state index in [0.717, 1.165) is 19.0 Å². The van der Waals surface area contributed by atoms with Crippen LogP contribution in [0.2, 0.25) is 5.02 Å². The van der Waals surface area contributed by atoms with Crippen LogP contribution in [0.1, 0.15) is 11.1 Å². The highest BCUT2D eigenvalue weighted by Gasteiger charge is 2.27. The molecule has 0 aliphatic rings. The van der Waals surface area contributed by atoms with Crippen LogP contribution in [0.4, 0.5) is 5.69 Å². The molecule has 7 nitrogen and oxygen atoms in total. The van der Waals surface area contributed by atoms with Gasteiger partial charge in [-0.2, -0.15) is 5.10 Å². The maximum absolute atomic E-state index is 13.3. The van der Waals surface area contributed by atoms with E-state index in [1.54, 1.807) is 66.7 Å². The molecular formula is C28H23ClIN3O4S. The first-order chi connectivity index (χ1) is 18.3. The number of carbonyl (C=O) groups excluding carboxylic acids is 1. The van der Waals surface area contributed by atoms with Crippen molar-refractivity contribution < 1.29 is 17.9 Å². The second-order valence-corrected chi connectivity index (χ2v) is 11.6. The minimum absolute atomic E-state index is 0.0895. The lowest BCUT2D eigenvalue weighted by Gasteiger charge is -2.23. The predicted molar refractivity (Wildman–Crippen MR) is 158 cm³/mol. The summed E-state index contributed by atoms with van der Waals surface area (Å²) in [5.41, 5.74) is 4.40. The average molecular weight is 660 g/mol. The van der Waals surface area contributed by atoms with Crippen LogP contribution in [0.15, 0.2) is 113 Å². The predicted octanol–water partition coefficient (Wildman–Crippen LogP) is 5.87. The number of halogens is 2. The fourth-order valence-corrected chi connectivity index (χ4v) is 5.41. The normalized spacial score (nSPS) is 11.3. The zero-order valence-electron chi connectivity index (χ0n) is 20.0. The number of sulfonamides is 1. The molecular weight excluding hydrogens is 637 g/mol. The third-order valence-electron chi connectivity index (χ3n) is 5.37. The maximum Gasteiger partial charge on any atom is 0.264 e. The van der Waals surface area contributed by atoms with Gasteiger partial charge in [-0.05, 0) is 94.9 Å². The third kappa shape index (κ3) is 7.33. The summed E-state index contributed by atoms with van der Waals surface area (Å²) in [6, 6.07) is 29.5. The monoisotopic (exact) mass is 659 g/mol. The molecule has 0 unspecified atom stereocenters. The summed E-state index contributed by atoms with van der Waals surface area (Å²) in [5, 5.41) is 4.63. The van der Waals surface area contributed by atoms with Crippen molar-refractivity contribution in [3.63, 3.8) is 0 Å². The Kier molecular flexibility index (Phi) is 9.38. The summed E-state index contributed by atoms with van der Waals surface area (Å²) in [6.07, 6.45) is 1.47. The fraction of sp³-hybridized carbons (Fsp3) is 0.0714. The Bertz CT molecular complexity index is 1510. The Balaban J connectivity index is 1.39. The van der Waals surface area contributed by atoms with Gasteiger partial charge in [-0.1, -0.05) is 48.0 Å². The van der Waals surface area contributed by atoms with Gasteiger partial charge >= 0.3 is 0 Å². The lowest BCUT2D eigenvalue weighted by Crippen LogP contribution is -2.39. The quantitative estimate of drug-likeness (QED) is 0.131. The van der Waals surface area contributed by atoms with Crippen molar-refractivity contribution in [1.82, 2.24) is 5.43 Å². The molecule has 4 aromatic rings. The number of anilines is 1. The van der Waals surface area contributed by atoms with Crippen molar-refractivity contribution in [1.29, 1.82) is 0 Å². The number of hydrogen-bond donors (Lipinski definition) is 1. The number of nitrogens with zero attached hydrogens (tertiary/aromatic N) is 2. The summed E-state index contributed by atoms with van der Waals surface area (Å²) in [5.74, 6) is 0.0735. The summed E-state index contributed by atoms with van der Waals surface area (Å²) in [6.45, 7) is -0.101. The van der Waals surface area contributed by atoms with E-state index >= 15 is 0 Å². The highest BCUT2D eigenvalue weighted by Crippen LogP contribution is 2.24. The van der Waals surface area contributed by atoms with Gasteiger partial charge in [0, 0.05) is 14.2 Å². The molecule has 1 amide bonds. The van der Waals surface area contributed by atoms with Crippen LogP contribution < -0.4 is 14.5 Å². The van der Waals surface area contributed by atoms with Gasteiger partial charge in [0.25, 0.3) is 15.9 Å². The minimum atomic E-state index is -3.98. The molecule has 0 spiro atoms. The maximum atomic E-state index is 13.3. The number of carbonyl (C=O) groups is 1. The lowest BCUT2D eigenvalue weighted by atomic mass is 10.2. The summed E-state index contributed by atoms with van der Waals surface area (Å²) in [4.78, 5) is 12.8. The van der Waals surface area contributed by atoms with Crippen molar-refractivity contribution in [2.75, 3.05) is 10.8 Å². The number of ether oxygens (including phenoxy) is 1. The molecule has 0 bridgehead atoms. The summed E-state index contributed by atoms with van der Waals surface area (Å²) in [7, 11) is -3.98. The average Bonchev–Trinajstić information content (AvgIpc) is 2.93. The van der Waals surface area contributed by atoms with Gasteiger partial charge < -0.3 is 4.74 Å². The van der Waals surface area contributed by atoms with Gasteiger partial charge in [-0.25, -0.2) is 13.8 Å². The SMILES string of the molecule is O=C(CN(c1ccc(I)cc1)S(=O)(=O)c1ccccc1)N/N=C\c1ccc(OCc2ccccc2Cl)cc1. The number of amides is 1. The molecule has 38 heavy (non-hydrogen) atoms. The van der Waals surface area contributed by atoms with E-state index in [2.05, 4.69) is 33.1 Å². The molecule has 0 aliphatic heterocycles. The fourth-order valence-electron chi connectivity index (χ4n) is 3.41. The largest absolute Gasteiger partial charge is 0.489 e. The Morgan fingerprint density at radius 2 is 1.58 bits per heavy atom. The molecule has 4 aromatic carbocycles. The van der Waals surface area contributed by atoms with Gasteiger partial charge in [0.05, 0.1) is 16.8 Å². The van der Waals surface area contributed by atoms with Crippen LogP contribution in [0.5, 0.6) is 5.75 Å². The van der Waals surface area contributed by atoms with Crippen LogP contribution in [-0.4, -0.2) is 27.1 Å². The Morgan fingerprint density at radius 3 is 2.26 bits per heavy atom. The highest BCUT2D eigenvalue weighted by molar-refractivity contribution is 14.1. The molecule has 0 saturated carbocycles. The lowest BCUT2D eigenvalue weighted by molar-refractivity contribution is -0.119. The first kappa shape index (κ1) is 27.6. The smallest absolute Gasteiger partial charge is 0.264 e. The van der Waals surface area contributed by atoms with Crippen molar-refractivity contribution in [2.45, 2.75) is 11.5 Å². The zero-order chi connectivity index (χ0) is 27.0. The van der Waals surface area contributed by atoms with Gasteiger partial charge in [0.2, 0.25) is 0 Å². The molecule has 4 rings (SSSR count). The number of rotatable bonds is 10. The van der Waals surface area contributed by atoms with E-state index < -0.39 is 22.5 Å². The molecule has 0 radical (unpaired) electrons. The third-order valence-corrected chi connectivity index (χ3v) is 8.24. The number of nitrogens with one attached hydrogen (secondary N) is 1. The highest BCUT2D eigenvalue weighted by atomic mass is 127. The second kappa shape index (κ2) is 12.9. The molecule has 0 saturated heterocycles. The zero-order valence-corrected chi connectivity index (χ0v) is 23.7. The van der Waals surface area contributed by atoms with E-state index in [-0.39, 0.29) is 4.90 Å². The van der Waals surface area contributed by atoms with Crippen molar-refractivity contribution in [2.24, 2.45) is 5.10 Å². The van der Waals surface area contributed by atoms with Crippen molar-refractivity contribution >= 4 is 62.0 Å². The first-order valence-electron chi connectivity index (χ1n) is 11.4. The van der Waals surface area contributed by atoms with Gasteiger partial charge in [-0.15, -0.1) is 0 Å². The topological polar surface area (TPSA) is 88.1 Å². The van der Waals surface area contributed by atoms with Gasteiger partial charge in [-0.3, -0.25) is 9.10 Å². The van der Waals surface area contributed by atoms with Crippen LogP contribution in [-0.2, 0) is 21.4 Å². The van der Waals surface area contributed by atoms with Crippen LogP contribution in [0.25, 0.3) is 0 Å². The van der Waals surface area contributed by atoms with Crippen LogP contribution in [0, 0.1) is 3.57 Å². The van der Waals surface area contributed by atoms with Crippen molar-refractivity contribution in [3.05, 3.63) is 123 Å². The first-order valence-corrected chi connectivity index (χ1v) is 14.3. The Hall–Kier alpha value is -3.41. The molecule has 194 valence electrons. The molecule has 0 atom stereocenters. The standard InChI is InChI=1S/C28H23ClIN3O4S/c29-27-9-5-4-6-22(27)20-37-25-16-10-21(11-17-25)18-31-32-28(34)19-33(24-14-12-23(30)13-15-24)38(35,36)26-7-2-1-3-8-26/h1-18H,19-20H2,(H,32,34)/b31-18-. The summed E-state index contributed by atoms with van der Waals surface area (Å²) >= 11 is 8.29. The van der Waals surface area contributed by atoms with E-state index in [9.17, 15) is 13.2 Å². The Morgan fingerprint density at radius 1 is 0.921 bits per heavy atom. The number of hydrogen-bond acceptors (Lipinski definition) is 5. The van der Waals surface area contributed by atoms with E-state index in [4.69, 9.17) is 16.3 Å². The second-order valence-electron chi connectivity index (χ2n) is 8.04. The molecule has 10 heteroatoms. The van der Waals surface area contributed by atoms with Gasteiger partial charge in [0.15, 0.2) is 0 Å². The van der Waals surface area contributed by atoms with Crippen molar-refractivity contribution in [3.8, 4) is 5.75 Å². The molecule has 0 aliphatic carbocycles. The van der Waals surface area contributed by atoms with E-state index in [1.165, 1.54) is 18.3 Å². The van der Waals surface area contributed by atoms with E-state index in [1.807, 2.05) is 24.3 Å². The molecule has 1 N–H and O–H groups in total. The van der Waals surface area contributed by atoms with Gasteiger partial charge in [0.1, 0.15) is 18.9 Å². The Labute approximate surface area is 240 Å². The van der Waals surface area contributed by atoms with Crippen LogP contribution in [0.3, 0.4) is 0 Å². The minimum Gasteiger partial charge on any atom is -0.489 e.